The lowest BCUT2D eigenvalue weighted by atomic mass is 9.98. The van der Waals surface area contributed by atoms with Crippen molar-refractivity contribution in [2.75, 3.05) is 53.0 Å². The number of carbonyl (C=O) groups is 2. The first-order valence-corrected chi connectivity index (χ1v) is 13.1. The van der Waals surface area contributed by atoms with Crippen molar-refractivity contribution in [3.05, 3.63) is 64.7 Å². The maximum Gasteiger partial charge on any atom is 0.262 e. The van der Waals surface area contributed by atoms with Crippen molar-refractivity contribution in [1.82, 2.24) is 14.8 Å². The summed E-state index contributed by atoms with van der Waals surface area (Å²) >= 11 is 6.47. The molecule has 2 aliphatic heterocycles. The smallest absolute Gasteiger partial charge is 0.262 e. The van der Waals surface area contributed by atoms with Crippen LogP contribution in [-0.2, 0) is 14.3 Å². The fraction of sp³-hybridized carbons (Fsp3) is 0.464. The Morgan fingerprint density at radius 2 is 1.84 bits per heavy atom. The molecular formula is C28H35ClN4O4. The summed E-state index contributed by atoms with van der Waals surface area (Å²) in [5.41, 5.74) is 2.49. The maximum atomic E-state index is 13.7. The molecule has 0 aromatic heterocycles. The number of halogens is 1. The van der Waals surface area contributed by atoms with E-state index in [1.165, 1.54) is 5.01 Å². The monoisotopic (exact) mass is 526 g/mol. The first-order valence-electron chi connectivity index (χ1n) is 12.7. The first kappa shape index (κ1) is 27.1. The molecule has 2 heterocycles. The van der Waals surface area contributed by atoms with Crippen molar-refractivity contribution in [2.45, 2.75) is 26.3 Å². The Hall–Kier alpha value is -2.94. The van der Waals surface area contributed by atoms with Crippen molar-refractivity contribution >= 4 is 29.1 Å². The standard InChI is InChI=1S/C28H35ClN4O4/c1-20(2)28(35)32(13-12-31-14-16-37-17-15-31)19-27(34)33-26(21-8-10-22(36-3)11-9-21)18-25(30-33)23-6-4-5-7-24(23)29/h4-11,20,26H,12-19H2,1-3H3. The van der Waals surface area contributed by atoms with E-state index in [1.54, 1.807) is 12.0 Å². The van der Waals surface area contributed by atoms with Crippen LogP contribution in [0.2, 0.25) is 5.02 Å². The molecule has 0 saturated carbocycles. The van der Waals surface area contributed by atoms with E-state index in [-0.39, 0.29) is 30.3 Å². The number of methoxy groups -OCH3 is 1. The largest absolute Gasteiger partial charge is 0.497 e. The fourth-order valence-corrected chi connectivity index (χ4v) is 4.88. The number of hydrogen-bond donors (Lipinski definition) is 0. The second-order valence-electron chi connectivity index (χ2n) is 9.63. The summed E-state index contributed by atoms with van der Waals surface area (Å²) < 4.78 is 10.7. The summed E-state index contributed by atoms with van der Waals surface area (Å²) in [6.07, 6.45) is 0.522. The van der Waals surface area contributed by atoms with Crippen molar-refractivity contribution < 1.29 is 19.1 Å². The third kappa shape index (κ3) is 6.69. The Morgan fingerprint density at radius 3 is 2.49 bits per heavy atom. The SMILES string of the molecule is COc1ccc(C2CC(c3ccccc3Cl)=NN2C(=O)CN(CCN2CCOCC2)C(=O)C(C)C)cc1. The van der Waals surface area contributed by atoms with Crippen LogP contribution < -0.4 is 4.74 Å². The number of morpholine rings is 1. The summed E-state index contributed by atoms with van der Waals surface area (Å²) in [4.78, 5) is 30.7. The van der Waals surface area contributed by atoms with E-state index in [4.69, 9.17) is 26.2 Å². The van der Waals surface area contributed by atoms with Crippen molar-refractivity contribution in [3.8, 4) is 5.75 Å². The highest BCUT2D eigenvalue weighted by Gasteiger charge is 2.35. The molecule has 9 heteroatoms. The summed E-state index contributed by atoms with van der Waals surface area (Å²) in [7, 11) is 1.62. The van der Waals surface area contributed by atoms with Gasteiger partial charge in [-0.2, -0.15) is 5.10 Å². The van der Waals surface area contributed by atoms with E-state index in [1.807, 2.05) is 62.4 Å². The normalized spacial score (nSPS) is 18.1. The summed E-state index contributed by atoms with van der Waals surface area (Å²) in [5, 5.41) is 6.86. The average Bonchev–Trinajstić information content (AvgIpc) is 3.37. The maximum absolute atomic E-state index is 13.7. The molecule has 37 heavy (non-hydrogen) atoms. The molecule has 1 saturated heterocycles. The van der Waals surface area contributed by atoms with Gasteiger partial charge >= 0.3 is 0 Å². The molecule has 198 valence electrons. The van der Waals surface area contributed by atoms with Gasteiger partial charge in [-0.05, 0) is 23.8 Å². The highest BCUT2D eigenvalue weighted by molar-refractivity contribution is 6.34. The highest BCUT2D eigenvalue weighted by atomic mass is 35.5. The van der Waals surface area contributed by atoms with Crippen LogP contribution in [0.15, 0.2) is 53.6 Å². The van der Waals surface area contributed by atoms with Gasteiger partial charge in [0.1, 0.15) is 12.3 Å². The van der Waals surface area contributed by atoms with E-state index in [0.717, 1.165) is 35.7 Å². The number of hydrazone groups is 1. The zero-order valence-electron chi connectivity index (χ0n) is 21.7. The number of ether oxygens (including phenoxy) is 2. The molecule has 4 rings (SSSR count). The van der Waals surface area contributed by atoms with Gasteiger partial charge in [0.25, 0.3) is 5.91 Å². The van der Waals surface area contributed by atoms with Crippen molar-refractivity contribution in [2.24, 2.45) is 11.0 Å². The number of amides is 2. The average molecular weight is 527 g/mol. The number of rotatable bonds is 9. The molecule has 1 unspecified atom stereocenters. The molecule has 8 nitrogen and oxygen atoms in total. The van der Waals surface area contributed by atoms with Crippen LogP contribution in [0.1, 0.15) is 37.4 Å². The first-order chi connectivity index (χ1) is 17.9. The minimum absolute atomic E-state index is 0.0344. The second-order valence-corrected chi connectivity index (χ2v) is 10.0. The summed E-state index contributed by atoms with van der Waals surface area (Å²) in [6.45, 7) is 7.89. The highest BCUT2D eigenvalue weighted by Crippen LogP contribution is 2.35. The molecule has 2 aromatic carbocycles. The van der Waals surface area contributed by atoms with E-state index in [9.17, 15) is 9.59 Å². The lowest BCUT2D eigenvalue weighted by Gasteiger charge is -2.31. The van der Waals surface area contributed by atoms with Gasteiger partial charge in [-0.3, -0.25) is 14.5 Å². The van der Waals surface area contributed by atoms with Gasteiger partial charge in [-0.25, -0.2) is 5.01 Å². The topological polar surface area (TPSA) is 74.7 Å². The quantitative estimate of drug-likeness (QED) is 0.496. The Morgan fingerprint density at radius 1 is 1.14 bits per heavy atom. The molecule has 2 aromatic rings. The third-order valence-corrected chi connectivity index (χ3v) is 7.10. The molecule has 1 fully saturated rings. The predicted octanol–water partition coefficient (Wildman–Crippen LogP) is 3.84. The van der Waals surface area contributed by atoms with E-state index in [0.29, 0.717) is 37.7 Å². The molecule has 0 bridgehead atoms. The number of nitrogens with zero attached hydrogens (tertiary/aromatic N) is 4. The number of carbonyl (C=O) groups excluding carboxylic acids is 2. The Bertz CT molecular complexity index is 1120. The van der Waals surface area contributed by atoms with Gasteiger partial charge in [0.15, 0.2) is 0 Å². The Labute approximate surface area is 223 Å². The lowest BCUT2D eigenvalue weighted by molar-refractivity contribution is -0.143. The van der Waals surface area contributed by atoms with Gasteiger partial charge in [-0.15, -0.1) is 0 Å². The van der Waals surface area contributed by atoms with Crippen LogP contribution >= 0.6 is 11.6 Å². The third-order valence-electron chi connectivity index (χ3n) is 6.77. The molecular weight excluding hydrogens is 492 g/mol. The fourth-order valence-electron chi connectivity index (χ4n) is 4.64. The van der Waals surface area contributed by atoms with Crippen LogP contribution in [0, 0.1) is 5.92 Å². The minimum Gasteiger partial charge on any atom is -0.497 e. The molecule has 0 spiro atoms. The lowest BCUT2D eigenvalue weighted by Crippen LogP contribution is -2.47. The molecule has 0 N–H and O–H groups in total. The second kappa shape index (κ2) is 12.5. The van der Waals surface area contributed by atoms with Gasteiger partial charge in [-0.1, -0.05) is 55.8 Å². The van der Waals surface area contributed by atoms with Crippen LogP contribution in [0.3, 0.4) is 0 Å². The van der Waals surface area contributed by atoms with Gasteiger partial charge in [0.2, 0.25) is 5.91 Å². The van der Waals surface area contributed by atoms with Crippen LogP contribution in [0.25, 0.3) is 0 Å². The van der Waals surface area contributed by atoms with Crippen molar-refractivity contribution in [1.29, 1.82) is 0 Å². The number of hydrogen-bond acceptors (Lipinski definition) is 6. The predicted molar refractivity (Wildman–Crippen MR) is 144 cm³/mol. The summed E-state index contributed by atoms with van der Waals surface area (Å²) in [5.74, 6) is 0.260. The zero-order valence-corrected chi connectivity index (χ0v) is 22.5. The van der Waals surface area contributed by atoms with Crippen LogP contribution in [0.5, 0.6) is 5.75 Å². The molecule has 0 aliphatic carbocycles. The minimum atomic E-state index is -0.306. The Balaban J connectivity index is 1.57. The number of benzene rings is 2. The molecule has 2 amide bonds. The van der Waals surface area contributed by atoms with Crippen molar-refractivity contribution in [3.63, 3.8) is 0 Å². The van der Waals surface area contributed by atoms with Gasteiger partial charge in [0.05, 0.1) is 32.1 Å². The van der Waals surface area contributed by atoms with Gasteiger partial charge in [0, 0.05) is 49.1 Å². The van der Waals surface area contributed by atoms with E-state index in [2.05, 4.69) is 4.90 Å². The molecule has 2 aliphatic rings. The van der Waals surface area contributed by atoms with Crippen LogP contribution in [-0.4, -0.2) is 85.4 Å². The molecule has 0 radical (unpaired) electrons. The van der Waals surface area contributed by atoms with Crippen LogP contribution in [0.4, 0.5) is 0 Å². The van der Waals surface area contributed by atoms with E-state index >= 15 is 0 Å². The van der Waals surface area contributed by atoms with E-state index < -0.39 is 0 Å². The molecule has 1 atom stereocenters. The zero-order chi connectivity index (χ0) is 26.4. The Kier molecular flexibility index (Phi) is 9.18. The summed E-state index contributed by atoms with van der Waals surface area (Å²) in [6, 6.07) is 14.9. The van der Waals surface area contributed by atoms with Gasteiger partial charge < -0.3 is 14.4 Å².